The Kier molecular flexibility index (Phi) is 11.6. The van der Waals surface area contributed by atoms with Crippen LogP contribution in [0.25, 0.3) is 0 Å². The first kappa shape index (κ1) is 21.1. The molecule has 6 nitrogen and oxygen atoms in total. The van der Waals surface area contributed by atoms with E-state index in [2.05, 4.69) is 4.18 Å². The summed E-state index contributed by atoms with van der Waals surface area (Å²) in [4.78, 5) is 0. The molecule has 0 heterocycles. The van der Waals surface area contributed by atoms with Gasteiger partial charge in [-0.1, -0.05) is 25.7 Å². The number of hydrogen-bond donors (Lipinski definition) is 0. The molecule has 21 heavy (non-hydrogen) atoms. The molecule has 0 fully saturated rings. The van der Waals surface area contributed by atoms with Gasteiger partial charge in [-0.25, -0.2) is 0 Å². The molecule has 0 aromatic carbocycles. The van der Waals surface area contributed by atoms with E-state index in [9.17, 15) is 13.0 Å². The van der Waals surface area contributed by atoms with Gasteiger partial charge in [0.1, 0.15) is 0 Å². The summed E-state index contributed by atoms with van der Waals surface area (Å²) in [6.45, 7) is 4.67. The predicted octanol–water partition coefficient (Wildman–Crippen LogP) is 3.57. The highest BCUT2D eigenvalue weighted by molar-refractivity contribution is 7.85. The maximum absolute atomic E-state index is 12.2. The zero-order valence-corrected chi connectivity index (χ0v) is 15.1. The van der Waals surface area contributed by atoms with Crippen LogP contribution in [0.5, 0.6) is 0 Å². The molecule has 0 aliphatic heterocycles. The van der Waals surface area contributed by atoms with E-state index in [1.165, 1.54) is 0 Å². The molecular formula is C13H29O6PS. The molecule has 0 atom stereocenters. The molecular weight excluding hydrogens is 315 g/mol. The molecule has 0 saturated carbocycles. The summed E-state index contributed by atoms with van der Waals surface area (Å²) in [6, 6.07) is 0. The zero-order valence-electron chi connectivity index (χ0n) is 13.4. The molecule has 0 saturated heterocycles. The Morgan fingerprint density at radius 2 is 1.33 bits per heavy atom. The van der Waals surface area contributed by atoms with Crippen LogP contribution in [0.3, 0.4) is 0 Å². The van der Waals surface area contributed by atoms with Crippen molar-refractivity contribution in [3.05, 3.63) is 0 Å². The van der Waals surface area contributed by atoms with Crippen molar-refractivity contribution in [2.45, 2.75) is 52.4 Å². The molecule has 0 rings (SSSR count). The standard InChI is InChI=1S/C13H29O6PS/c1-4-17-20(14,18-5-2)13-11-9-7-6-8-10-12-19-21(3,15)16/h4-13H2,1-3H3. The minimum atomic E-state index is -3.31. The van der Waals surface area contributed by atoms with Crippen LogP contribution in [0.2, 0.25) is 0 Å². The van der Waals surface area contributed by atoms with Gasteiger partial charge in [-0.3, -0.25) is 8.75 Å². The maximum atomic E-state index is 12.2. The third-order valence-electron chi connectivity index (χ3n) is 2.78. The van der Waals surface area contributed by atoms with Gasteiger partial charge in [0.15, 0.2) is 0 Å². The van der Waals surface area contributed by atoms with E-state index in [1.807, 2.05) is 13.8 Å². The van der Waals surface area contributed by atoms with Crippen molar-refractivity contribution in [1.82, 2.24) is 0 Å². The number of unbranched alkanes of at least 4 members (excludes halogenated alkanes) is 5. The van der Waals surface area contributed by atoms with E-state index in [1.54, 1.807) is 0 Å². The molecule has 0 aliphatic rings. The molecule has 8 heteroatoms. The molecule has 0 aliphatic carbocycles. The predicted molar refractivity (Wildman–Crippen MR) is 84.2 cm³/mol. The molecule has 128 valence electrons. The van der Waals surface area contributed by atoms with E-state index in [0.29, 0.717) is 19.4 Å². The number of rotatable bonds is 14. The van der Waals surface area contributed by atoms with Gasteiger partial charge in [0.05, 0.1) is 32.2 Å². The lowest BCUT2D eigenvalue weighted by molar-refractivity contribution is 0.219. The molecule has 0 aromatic heterocycles. The van der Waals surface area contributed by atoms with Crippen molar-refractivity contribution in [1.29, 1.82) is 0 Å². The van der Waals surface area contributed by atoms with Crippen molar-refractivity contribution >= 4 is 17.7 Å². The van der Waals surface area contributed by atoms with Gasteiger partial charge in [-0.05, 0) is 26.7 Å². The quantitative estimate of drug-likeness (QED) is 0.272. The van der Waals surface area contributed by atoms with Gasteiger partial charge >= 0.3 is 7.60 Å². The third kappa shape index (κ3) is 13.4. The van der Waals surface area contributed by atoms with Crippen molar-refractivity contribution in [3.63, 3.8) is 0 Å². The topological polar surface area (TPSA) is 78.9 Å². The number of hydrogen-bond acceptors (Lipinski definition) is 6. The molecule has 0 spiro atoms. The van der Waals surface area contributed by atoms with Crippen LogP contribution in [-0.4, -0.2) is 40.7 Å². The van der Waals surface area contributed by atoms with Crippen molar-refractivity contribution in [2.24, 2.45) is 0 Å². The summed E-state index contributed by atoms with van der Waals surface area (Å²) >= 11 is 0. The summed E-state index contributed by atoms with van der Waals surface area (Å²) in [5.74, 6) is 0. The Bertz CT molecular complexity index is 385. The summed E-state index contributed by atoms with van der Waals surface area (Å²) in [5.41, 5.74) is 0. The second-order valence-corrected chi connectivity index (χ2v) is 8.65. The van der Waals surface area contributed by atoms with E-state index < -0.39 is 17.7 Å². The van der Waals surface area contributed by atoms with E-state index in [-0.39, 0.29) is 6.61 Å². The SMILES string of the molecule is CCOP(=O)(CCCCCCCCOS(C)(=O)=O)OCC. The van der Waals surface area contributed by atoms with Crippen LogP contribution in [0.4, 0.5) is 0 Å². The first-order valence-electron chi connectivity index (χ1n) is 7.55. The minimum absolute atomic E-state index is 0.253. The van der Waals surface area contributed by atoms with E-state index >= 15 is 0 Å². The van der Waals surface area contributed by atoms with Crippen LogP contribution < -0.4 is 0 Å². The largest absolute Gasteiger partial charge is 0.330 e. The third-order valence-corrected chi connectivity index (χ3v) is 5.54. The van der Waals surface area contributed by atoms with Crippen LogP contribution in [0.15, 0.2) is 0 Å². The van der Waals surface area contributed by atoms with Gasteiger partial charge < -0.3 is 9.05 Å². The summed E-state index contributed by atoms with van der Waals surface area (Å²) < 4.78 is 48.7. The summed E-state index contributed by atoms with van der Waals surface area (Å²) in [5, 5.41) is 0. The van der Waals surface area contributed by atoms with Gasteiger partial charge in [0.25, 0.3) is 10.1 Å². The lowest BCUT2D eigenvalue weighted by Crippen LogP contribution is -2.03. The van der Waals surface area contributed by atoms with Crippen molar-refractivity contribution < 1.29 is 26.2 Å². The molecule has 0 bridgehead atoms. The summed E-state index contributed by atoms with van der Waals surface area (Å²) in [7, 11) is -6.20. The molecule has 0 aromatic rings. The molecule has 0 amide bonds. The minimum Gasteiger partial charge on any atom is -0.309 e. The fraction of sp³-hybridized carbons (Fsp3) is 1.00. The van der Waals surface area contributed by atoms with Gasteiger partial charge in [0.2, 0.25) is 0 Å². The zero-order chi connectivity index (χ0) is 16.2. The maximum Gasteiger partial charge on any atom is 0.330 e. The highest BCUT2D eigenvalue weighted by atomic mass is 32.2. The van der Waals surface area contributed by atoms with Gasteiger partial charge in [-0.2, -0.15) is 8.42 Å². The van der Waals surface area contributed by atoms with Crippen molar-refractivity contribution in [2.75, 3.05) is 32.2 Å². The van der Waals surface area contributed by atoms with Gasteiger partial charge in [0, 0.05) is 0 Å². The highest BCUT2D eigenvalue weighted by Crippen LogP contribution is 2.48. The first-order valence-corrected chi connectivity index (χ1v) is 11.1. The fourth-order valence-electron chi connectivity index (χ4n) is 1.88. The second kappa shape index (κ2) is 11.6. The van der Waals surface area contributed by atoms with Crippen LogP contribution in [0.1, 0.15) is 52.4 Å². The van der Waals surface area contributed by atoms with E-state index in [4.69, 9.17) is 9.05 Å². The normalized spacial score (nSPS) is 12.7. The Balaban J connectivity index is 3.56. The first-order chi connectivity index (χ1) is 9.83. The highest BCUT2D eigenvalue weighted by Gasteiger charge is 2.22. The summed E-state index contributed by atoms with van der Waals surface area (Å²) in [6.07, 6.45) is 7.02. The van der Waals surface area contributed by atoms with Crippen molar-refractivity contribution in [3.8, 4) is 0 Å². The second-order valence-electron chi connectivity index (χ2n) is 4.82. The Morgan fingerprint density at radius 1 is 0.857 bits per heavy atom. The lowest BCUT2D eigenvalue weighted by Gasteiger charge is -2.16. The average Bonchev–Trinajstić information content (AvgIpc) is 2.36. The van der Waals surface area contributed by atoms with Crippen LogP contribution >= 0.6 is 7.60 Å². The Labute approximate surface area is 129 Å². The lowest BCUT2D eigenvalue weighted by atomic mass is 10.1. The van der Waals surface area contributed by atoms with Gasteiger partial charge in [-0.15, -0.1) is 0 Å². The Hall–Kier alpha value is 0.0600. The molecule has 0 N–H and O–H groups in total. The average molecular weight is 344 g/mol. The fourth-order valence-corrected chi connectivity index (χ4v) is 4.04. The molecule has 0 radical (unpaired) electrons. The smallest absolute Gasteiger partial charge is 0.309 e. The monoisotopic (exact) mass is 344 g/mol. The Morgan fingerprint density at radius 3 is 1.81 bits per heavy atom. The van der Waals surface area contributed by atoms with E-state index in [0.717, 1.165) is 44.8 Å². The van der Waals surface area contributed by atoms with Crippen LogP contribution in [0, 0.1) is 0 Å². The molecule has 0 unspecified atom stereocenters. The van der Waals surface area contributed by atoms with Crippen LogP contribution in [-0.2, 0) is 27.9 Å².